The summed E-state index contributed by atoms with van der Waals surface area (Å²) in [5.41, 5.74) is 0. The maximum absolute atomic E-state index is 12.2. The molecule has 1 rings (SSSR count). The number of hydrogen-bond acceptors (Lipinski definition) is 3. The van der Waals surface area contributed by atoms with Crippen LogP contribution in [-0.4, -0.2) is 73.4 Å². The first-order chi connectivity index (χ1) is 11.6. The molecule has 1 heterocycles. The highest BCUT2D eigenvalue weighted by Gasteiger charge is 2.16. The van der Waals surface area contributed by atoms with Crippen LogP contribution < -0.4 is 10.6 Å². The van der Waals surface area contributed by atoms with Crippen LogP contribution in [0.3, 0.4) is 0 Å². The summed E-state index contributed by atoms with van der Waals surface area (Å²) in [5, 5.41) is 6.25. The molecule has 2 N–H and O–H groups in total. The van der Waals surface area contributed by atoms with E-state index >= 15 is 0 Å². The molecule has 0 spiro atoms. The molecule has 0 aromatic rings. The second-order valence-corrected chi connectivity index (χ2v) is 5.88. The number of nitrogens with zero attached hydrogens (tertiary/aromatic N) is 3. The van der Waals surface area contributed by atoms with Crippen molar-refractivity contribution in [3.05, 3.63) is 0 Å². The minimum absolute atomic E-state index is 0. The molecule has 7 nitrogen and oxygen atoms in total. The second-order valence-electron chi connectivity index (χ2n) is 5.88. The zero-order valence-corrected chi connectivity index (χ0v) is 18.2. The minimum atomic E-state index is 0. The number of halogens is 1. The number of piperidine rings is 1. The standard InChI is InChI=1S/C17H33N5O2.HI/c1-4-18-17(19-11-10-15(23)21(5-2)6-3)20-14-16(24)22-12-8-7-9-13-22;/h4-14H2,1-3H3,(H2,18,19,20);1H. The molecule has 0 bridgehead atoms. The normalized spacial score (nSPS) is 14.5. The van der Waals surface area contributed by atoms with Crippen LogP contribution in [-0.2, 0) is 9.59 Å². The molecule has 0 aromatic heterocycles. The van der Waals surface area contributed by atoms with Gasteiger partial charge in [-0.2, -0.15) is 0 Å². The van der Waals surface area contributed by atoms with Gasteiger partial charge in [0.15, 0.2) is 5.96 Å². The van der Waals surface area contributed by atoms with Crippen LogP contribution in [0.15, 0.2) is 4.99 Å². The molecule has 2 amide bonds. The maximum atomic E-state index is 12.2. The van der Waals surface area contributed by atoms with Crippen LogP contribution in [0.5, 0.6) is 0 Å². The van der Waals surface area contributed by atoms with Crippen LogP contribution in [0.25, 0.3) is 0 Å². The van der Waals surface area contributed by atoms with Gasteiger partial charge in [-0.3, -0.25) is 9.59 Å². The molecular formula is C17H34IN5O2. The van der Waals surface area contributed by atoms with E-state index in [2.05, 4.69) is 15.6 Å². The van der Waals surface area contributed by atoms with Gasteiger partial charge in [-0.05, 0) is 40.0 Å². The first-order valence-electron chi connectivity index (χ1n) is 9.20. The van der Waals surface area contributed by atoms with Gasteiger partial charge in [0.05, 0.1) is 0 Å². The topological polar surface area (TPSA) is 77.0 Å². The summed E-state index contributed by atoms with van der Waals surface area (Å²) in [6.07, 6.45) is 3.80. The predicted octanol–water partition coefficient (Wildman–Crippen LogP) is 1.43. The number of guanidine groups is 1. The lowest BCUT2D eigenvalue weighted by molar-refractivity contribution is -0.131. The SMILES string of the molecule is CCNC(=NCC(=O)N1CCCCC1)NCCC(=O)N(CC)CC.I. The summed E-state index contributed by atoms with van der Waals surface area (Å²) >= 11 is 0. The number of aliphatic imine (C=N–C) groups is 1. The number of carbonyl (C=O) groups excluding carboxylic acids is 2. The second kappa shape index (κ2) is 14.1. The van der Waals surface area contributed by atoms with Crippen molar-refractivity contribution in [1.29, 1.82) is 0 Å². The Kier molecular flexibility index (Phi) is 13.5. The van der Waals surface area contributed by atoms with Crippen molar-refractivity contribution in [2.24, 2.45) is 4.99 Å². The molecular weight excluding hydrogens is 433 g/mol. The van der Waals surface area contributed by atoms with Crippen molar-refractivity contribution in [1.82, 2.24) is 20.4 Å². The number of carbonyl (C=O) groups is 2. The molecule has 1 saturated heterocycles. The zero-order valence-electron chi connectivity index (χ0n) is 15.8. The van der Waals surface area contributed by atoms with Gasteiger partial charge in [-0.15, -0.1) is 24.0 Å². The largest absolute Gasteiger partial charge is 0.357 e. The predicted molar refractivity (Wildman–Crippen MR) is 112 cm³/mol. The monoisotopic (exact) mass is 467 g/mol. The maximum Gasteiger partial charge on any atom is 0.244 e. The summed E-state index contributed by atoms with van der Waals surface area (Å²) in [6, 6.07) is 0. The minimum Gasteiger partial charge on any atom is -0.357 e. The average molecular weight is 467 g/mol. The Balaban J connectivity index is 0.00000576. The van der Waals surface area contributed by atoms with E-state index in [4.69, 9.17) is 0 Å². The van der Waals surface area contributed by atoms with Gasteiger partial charge in [0, 0.05) is 45.7 Å². The summed E-state index contributed by atoms with van der Waals surface area (Å²) in [7, 11) is 0. The Bertz CT molecular complexity index is 421. The van der Waals surface area contributed by atoms with Crippen molar-refractivity contribution in [3.63, 3.8) is 0 Å². The van der Waals surface area contributed by atoms with Gasteiger partial charge in [0.2, 0.25) is 11.8 Å². The van der Waals surface area contributed by atoms with Crippen LogP contribution in [0.4, 0.5) is 0 Å². The first kappa shape index (κ1) is 23.9. The van der Waals surface area contributed by atoms with Crippen molar-refractivity contribution in [2.45, 2.75) is 46.5 Å². The number of rotatable bonds is 8. The molecule has 25 heavy (non-hydrogen) atoms. The Hall–Kier alpha value is -1.06. The lowest BCUT2D eigenvalue weighted by atomic mass is 10.1. The van der Waals surface area contributed by atoms with E-state index in [1.165, 1.54) is 6.42 Å². The smallest absolute Gasteiger partial charge is 0.244 e. The highest BCUT2D eigenvalue weighted by molar-refractivity contribution is 14.0. The molecule has 8 heteroatoms. The zero-order chi connectivity index (χ0) is 17.8. The fourth-order valence-electron chi connectivity index (χ4n) is 2.75. The van der Waals surface area contributed by atoms with Gasteiger partial charge in [0.25, 0.3) is 0 Å². The molecule has 0 aliphatic carbocycles. The molecule has 0 unspecified atom stereocenters. The third kappa shape index (κ3) is 9.27. The number of nitrogens with one attached hydrogen (secondary N) is 2. The van der Waals surface area contributed by atoms with Crippen molar-refractivity contribution in [2.75, 3.05) is 45.8 Å². The molecule has 146 valence electrons. The fraction of sp³-hybridized carbons (Fsp3) is 0.824. The van der Waals surface area contributed by atoms with Crippen LogP contribution in [0.1, 0.15) is 46.5 Å². The number of amides is 2. The first-order valence-corrected chi connectivity index (χ1v) is 9.20. The van der Waals surface area contributed by atoms with E-state index in [1.807, 2.05) is 30.6 Å². The quantitative estimate of drug-likeness (QED) is 0.322. The van der Waals surface area contributed by atoms with Crippen molar-refractivity contribution in [3.8, 4) is 0 Å². The van der Waals surface area contributed by atoms with E-state index in [9.17, 15) is 9.59 Å². The third-order valence-corrected chi connectivity index (χ3v) is 4.17. The lowest BCUT2D eigenvalue weighted by Gasteiger charge is -2.26. The summed E-state index contributed by atoms with van der Waals surface area (Å²) in [4.78, 5) is 32.2. The van der Waals surface area contributed by atoms with Crippen LogP contribution in [0.2, 0.25) is 0 Å². The molecule has 0 radical (unpaired) electrons. The molecule has 0 saturated carbocycles. The van der Waals surface area contributed by atoms with Gasteiger partial charge in [-0.25, -0.2) is 4.99 Å². The van der Waals surface area contributed by atoms with E-state index in [1.54, 1.807) is 0 Å². The Labute approximate surface area is 169 Å². The summed E-state index contributed by atoms with van der Waals surface area (Å²) < 4.78 is 0. The highest BCUT2D eigenvalue weighted by atomic mass is 127. The van der Waals surface area contributed by atoms with Crippen LogP contribution in [0, 0.1) is 0 Å². The van der Waals surface area contributed by atoms with Gasteiger partial charge < -0.3 is 20.4 Å². The molecule has 0 aromatic carbocycles. The third-order valence-electron chi connectivity index (χ3n) is 4.17. The highest BCUT2D eigenvalue weighted by Crippen LogP contribution is 2.08. The molecule has 1 aliphatic heterocycles. The molecule has 0 atom stereocenters. The van der Waals surface area contributed by atoms with E-state index < -0.39 is 0 Å². The Morgan fingerprint density at radius 1 is 1.04 bits per heavy atom. The Morgan fingerprint density at radius 3 is 2.24 bits per heavy atom. The fourth-order valence-corrected chi connectivity index (χ4v) is 2.75. The Morgan fingerprint density at radius 2 is 1.68 bits per heavy atom. The van der Waals surface area contributed by atoms with E-state index in [-0.39, 0.29) is 42.3 Å². The van der Waals surface area contributed by atoms with E-state index in [0.29, 0.717) is 25.5 Å². The van der Waals surface area contributed by atoms with Gasteiger partial charge >= 0.3 is 0 Å². The van der Waals surface area contributed by atoms with Crippen molar-refractivity contribution < 1.29 is 9.59 Å². The average Bonchev–Trinajstić information content (AvgIpc) is 2.61. The number of likely N-dealkylation sites (tertiary alicyclic amines) is 1. The molecule has 1 aliphatic rings. The van der Waals surface area contributed by atoms with Crippen molar-refractivity contribution >= 4 is 41.8 Å². The van der Waals surface area contributed by atoms with Crippen LogP contribution >= 0.6 is 24.0 Å². The lowest BCUT2D eigenvalue weighted by Crippen LogP contribution is -2.41. The van der Waals surface area contributed by atoms with E-state index in [0.717, 1.165) is 39.0 Å². The summed E-state index contributed by atoms with van der Waals surface area (Å²) in [5.74, 6) is 0.800. The molecule has 1 fully saturated rings. The van der Waals surface area contributed by atoms with Gasteiger partial charge in [-0.1, -0.05) is 0 Å². The number of hydrogen-bond donors (Lipinski definition) is 2. The van der Waals surface area contributed by atoms with Gasteiger partial charge in [0.1, 0.15) is 6.54 Å². The summed E-state index contributed by atoms with van der Waals surface area (Å²) in [6.45, 7) is 10.5.